The molecule has 1 saturated heterocycles. The van der Waals surface area contributed by atoms with Gasteiger partial charge in [0.1, 0.15) is 0 Å². The molecule has 0 saturated carbocycles. The number of nitrogens with one attached hydrogen (secondary N) is 1. The Morgan fingerprint density at radius 2 is 1.69 bits per heavy atom. The zero-order chi connectivity index (χ0) is 33.6. The number of hydrogen-bond donors (Lipinski definition) is 2. The second-order valence-electron chi connectivity index (χ2n) is 12.2. The summed E-state index contributed by atoms with van der Waals surface area (Å²) >= 11 is 0. The Kier molecular flexibility index (Phi) is 10.8. The highest BCUT2D eigenvalue weighted by Crippen LogP contribution is 2.42. The summed E-state index contributed by atoms with van der Waals surface area (Å²) in [6.45, 7) is 6.12. The zero-order valence-corrected chi connectivity index (χ0v) is 27.5. The van der Waals surface area contributed by atoms with Crippen molar-refractivity contribution in [3.8, 4) is 0 Å². The predicted octanol–water partition coefficient (Wildman–Crippen LogP) is 4.20. The topological polar surface area (TPSA) is 137 Å². The number of aromatic nitrogens is 3. The zero-order valence-electron chi connectivity index (χ0n) is 27.5. The smallest absolute Gasteiger partial charge is 0.326 e. The molecule has 2 N–H and O–H groups in total. The van der Waals surface area contributed by atoms with Gasteiger partial charge < -0.3 is 33.9 Å². The highest BCUT2D eigenvalue weighted by Gasteiger charge is 2.41. The standard InChI is InChI=1S/C36H44N4O8/c1-3-47-35-27(14-18-45-20-21-46-19-17-41)28(29-23-39(24(2)42)31-10-6-4-8-26(29)31)22-33(48-35)34(43)38-15-12-25(13-16-38)40-32-11-7-5-9-30(32)37-36(40)44/h4-11,22-23,25,27-28,35,41H,3,12-21H2,1-2H3,(H,37,44)/t27-,28+,35-/m0/s1. The summed E-state index contributed by atoms with van der Waals surface area (Å²) in [5.74, 6) is -0.635. The molecule has 2 aromatic heterocycles. The van der Waals surface area contributed by atoms with Crippen molar-refractivity contribution in [3.05, 3.63) is 82.6 Å². The molecule has 0 bridgehead atoms. The molecule has 256 valence electrons. The molecule has 1 fully saturated rings. The molecule has 0 spiro atoms. The number of amides is 1. The lowest BCUT2D eigenvalue weighted by atomic mass is 9.81. The van der Waals surface area contributed by atoms with Gasteiger partial charge >= 0.3 is 5.69 Å². The Morgan fingerprint density at radius 3 is 2.42 bits per heavy atom. The number of allylic oxidation sites excluding steroid dienone is 1. The van der Waals surface area contributed by atoms with Crippen LogP contribution in [0, 0.1) is 5.92 Å². The number of carbonyl (C=O) groups is 2. The van der Waals surface area contributed by atoms with Gasteiger partial charge in [0, 0.05) is 62.7 Å². The number of carbonyl (C=O) groups excluding carboxylic acids is 2. The van der Waals surface area contributed by atoms with Crippen LogP contribution in [0.15, 0.2) is 71.4 Å². The molecule has 6 rings (SSSR count). The van der Waals surface area contributed by atoms with Gasteiger partial charge in [0.05, 0.1) is 43.0 Å². The molecule has 0 aliphatic carbocycles. The molecule has 12 nitrogen and oxygen atoms in total. The number of rotatable bonds is 13. The molecule has 2 aliphatic rings. The highest BCUT2D eigenvalue weighted by molar-refractivity contribution is 5.95. The maximum atomic E-state index is 14.1. The average molecular weight is 661 g/mol. The van der Waals surface area contributed by atoms with Gasteiger partial charge in [-0.05, 0) is 56.0 Å². The first-order valence-electron chi connectivity index (χ1n) is 16.8. The van der Waals surface area contributed by atoms with E-state index in [1.165, 1.54) is 6.92 Å². The van der Waals surface area contributed by atoms with Crippen molar-refractivity contribution in [1.29, 1.82) is 0 Å². The minimum atomic E-state index is -0.722. The van der Waals surface area contributed by atoms with Crippen LogP contribution in [0.4, 0.5) is 0 Å². The van der Waals surface area contributed by atoms with Gasteiger partial charge in [-0.2, -0.15) is 0 Å². The SMILES string of the molecule is CCO[C@H]1OC(C(=O)N2CCC(n3c(=O)[nH]c4ccccc43)CC2)=C[C@@H](c2cn(C(C)=O)c3ccccc23)[C@@H]1CCOCCOCCO. The van der Waals surface area contributed by atoms with Crippen LogP contribution in [0.5, 0.6) is 0 Å². The fourth-order valence-electron chi connectivity index (χ4n) is 7.05. The summed E-state index contributed by atoms with van der Waals surface area (Å²) in [5.41, 5.74) is 3.24. The number of hydrogen-bond acceptors (Lipinski definition) is 8. The molecule has 2 aromatic carbocycles. The molecule has 12 heteroatoms. The van der Waals surface area contributed by atoms with Crippen LogP contribution in [0.1, 0.15) is 55.4 Å². The normalized spacial score (nSPS) is 20.3. The Morgan fingerprint density at radius 1 is 0.979 bits per heavy atom. The van der Waals surface area contributed by atoms with Crippen LogP contribution in [0.3, 0.4) is 0 Å². The quantitative estimate of drug-likeness (QED) is 0.204. The number of benzene rings is 2. The molecule has 48 heavy (non-hydrogen) atoms. The van der Waals surface area contributed by atoms with Crippen molar-refractivity contribution in [1.82, 2.24) is 19.0 Å². The lowest BCUT2D eigenvalue weighted by Crippen LogP contribution is -2.44. The van der Waals surface area contributed by atoms with Crippen LogP contribution in [0.25, 0.3) is 21.9 Å². The van der Waals surface area contributed by atoms with E-state index in [-0.39, 0.29) is 54.4 Å². The van der Waals surface area contributed by atoms with Crippen LogP contribution in [0.2, 0.25) is 0 Å². The fourth-order valence-corrected chi connectivity index (χ4v) is 7.05. The Bertz CT molecular complexity index is 1820. The van der Waals surface area contributed by atoms with E-state index in [2.05, 4.69) is 4.98 Å². The maximum Gasteiger partial charge on any atom is 0.326 e. The van der Waals surface area contributed by atoms with Crippen LogP contribution < -0.4 is 5.69 Å². The van der Waals surface area contributed by atoms with Crippen molar-refractivity contribution < 1.29 is 33.6 Å². The van der Waals surface area contributed by atoms with E-state index >= 15 is 0 Å². The summed E-state index contributed by atoms with van der Waals surface area (Å²) < 4.78 is 27.2. The molecule has 4 aromatic rings. The number of nitrogens with zero attached hydrogens (tertiary/aromatic N) is 3. The number of piperidine rings is 1. The largest absolute Gasteiger partial charge is 0.459 e. The predicted molar refractivity (Wildman–Crippen MR) is 180 cm³/mol. The molecular weight excluding hydrogens is 616 g/mol. The number of aromatic amines is 1. The average Bonchev–Trinajstić information content (AvgIpc) is 3.65. The number of imidazole rings is 1. The lowest BCUT2D eigenvalue weighted by Gasteiger charge is -2.39. The van der Waals surface area contributed by atoms with Gasteiger partial charge in [-0.3, -0.25) is 18.7 Å². The minimum Gasteiger partial charge on any atom is -0.459 e. The number of aliphatic hydroxyl groups is 1. The lowest BCUT2D eigenvalue weighted by molar-refractivity contribution is -0.172. The van der Waals surface area contributed by atoms with Crippen molar-refractivity contribution in [2.45, 2.75) is 51.4 Å². The van der Waals surface area contributed by atoms with E-state index in [0.717, 1.165) is 27.5 Å². The summed E-state index contributed by atoms with van der Waals surface area (Å²) in [4.78, 5) is 44.3. The number of aliphatic hydroxyl groups excluding tert-OH is 1. The first kappa shape index (κ1) is 33.7. The van der Waals surface area contributed by atoms with Gasteiger partial charge in [0.15, 0.2) is 5.76 Å². The van der Waals surface area contributed by atoms with E-state index in [4.69, 9.17) is 24.1 Å². The van der Waals surface area contributed by atoms with Crippen molar-refractivity contribution in [2.24, 2.45) is 5.92 Å². The van der Waals surface area contributed by atoms with E-state index < -0.39 is 6.29 Å². The maximum absolute atomic E-state index is 14.1. The fraction of sp³-hybridized carbons (Fsp3) is 0.472. The van der Waals surface area contributed by atoms with Gasteiger partial charge in [0.25, 0.3) is 5.91 Å². The Labute approximate surface area is 278 Å². The molecule has 3 atom stereocenters. The third-order valence-electron chi connectivity index (χ3n) is 9.31. The summed E-state index contributed by atoms with van der Waals surface area (Å²) in [6, 6.07) is 15.4. The monoisotopic (exact) mass is 660 g/mol. The van der Waals surface area contributed by atoms with Crippen molar-refractivity contribution in [3.63, 3.8) is 0 Å². The number of likely N-dealkylation sites (tertiary alicyclic amines) is 1. The second-order valence-corrected chi connectivity index (χ2v) is 12.2. The number of para-hydroxylation sites is 3. The van der Waals surface area contributed by atoms with E-state index in [1.54, 1.807) is 9.47 Å². The summed E-state index contributed by atoms with van der Waals surface area (Å²) in [6.07, 6.45) is 4.86. The van der Waals surface area contributed by atoms with Crippen molar-refractivity contribution >= 4 is 33.8 Å². The van der Waals surface area contributed by atoms with Gasteiger partial charge in [0.2, 0.25) is 12.2 Å². The second kappa shape index (κ2) is 15.3. The number of fused-ring (bicyclic) bond motifs is 2. The highest BCUT2D eigenvalue weighted by atomic mass is 16.7. The van der Waals surface area contributed by atoms with E-state index in [0.29, 0.717) is 58.8 Å². The number of H-pyrrole nitrogens is 1. The Hall–Kier alpha value is -4.23. The summed E-state index contributed by atoms with van der Waals surface area (Å²) in [7, 11) is 0. The molecular formula is C36H44N4O8. The molecule has 2 aliphatic heterocycles. The third-order valence-corrected chi connectivity index (χ3v) is 9.31. The van der Waals surface area contributed by atoms with Crippen molar-refractivity contribution in [2.75, 3.05) is 52.7 Å². The Balaban J connectivity index is 1.26. The third kappa shape index (κ3) is 6.98. The molecule has 0 unspecified atom stereocenters. The van der Waals surface area contributed by atoms with Gasteiger partial charge in [-0.1, -0.05) is 30.3 Å². The summed E-state index contributed by atoms with van der Waals surface area (Å²) in [5, 5.41) is 9.87. The van der Waals surface area contributed by atoms with E-state index in [1.807, 2.05) is 72.3 Å². The number of ether oxygens (including phenoxy) is 4. The minimum absolute atomic E-state index is 0.0287. The van der Waals surface area contributed by atoms with Gasteiger partial charge in [-0.25, -0.2) is 4.79 Å². The van der Waals surface area contributed by atoms with Gasteiger partial charge in [-0.15, -0.1) is 0 Å². The van der Waals surface area contributed by atoms with Crippen LogP contribution >= 0.6 is 0 Å². The molecule has 1 amide bonds. The van der Waals surface area contributed by atoms with Crippen LogP contribution in [-0.2, 0) is 23.7 Å². The molecule has 0 radical (unpaired) electrons. The van der Waals surface area contributed by atoms with Crippen LogP contribution in [-0.4, -0.2) is 95.0 Å². The first-order chi connectivity index (χ1) is 23.4. The first-order valence-corrected chi connectivity index (χ1v) is 16.8. The molecule has 4 heterocycles. The van der Waals surface area contributed by atoms with E-state index in [9.17, 15) is 14.4 Å².